The molecule has 0 aromatic heterocycles. The molecule has 16 heavy (non-hydrogen) atoms. The zero-order chi connectivity index (χ0) is 11.2. The van der Waals surface area contributed by atoms with Crippen molar-refractivity contribution in [1.82, 2.24) is 4.90 Å². The van der Waals surface area contributed by atoms with E-state index in [2.05, 4.69) is 48.2 Å². The Kier molecular flexibility index (Phi) is 4.17. The molecule has 1 saturated heterocycles. The summed E-state index contributed by atoms with van der Waals surface area (Å²) >= 11 is 0. The van der Waals surface area contributed by atoms with Crippen LogP contribution in [0.2, 0.25) is 0 Å². The Morgan fingerprint density at radius 3 is 2.50 bits per heavy atom. The van der Waals surface area contributed by atoms with E-state index < -0.39 is 0 Å². The molecule has 2 rings (SSSR count). The molecule has 1 fully saturated rings. The zero-order valence-electron chi connectivity index (χ0n) is 10.2. The quantitative estimate of drug-likeness (QED) is 0.697. The topological polar surface area (TPSA) is 3.24 Å². The Bertz CT molecular complexity index is 334. The molecule has 0 atom stereocenters. The van der Waals surface area contributed by atoms with Crippen molar-refractivity contribution in [1.29, 1.82) is 0 Å². The Morgan fingerprint density at radius 2 is 1.88 bits per heavy atom. The summed E-state index contributed by atoms with van der Waals surface area (Å²) < 4.78 is 0. The lowest BCUT2D eigenvalue weighted by atomic mass is 10.0. The first-order valence-corrected chi connectivity index (χ1v) is 6.29. The molecular formula is C15H21N. The first-order chi connectivity index (χ1) is 7.88. The van der Waals surface area contributed by atoms with Gasteiger partial charge in [-0.15, -0.1) is 0 Å². The fraction of sp³-hybridized carbons (Fsp3) is 0.467. The van der Waals surface area contributed by atoms with E-state index in [4.69, 9.17) is 0 Å². The van der Waals surface area contributed by atoms with E-state index >= 15 is 0 Å². The van der Waals surface area contributed by atoms with Gasteiger partial charge in [0.2, 0.25) is 0 Å². The molecule has 0 saturated carbocycles. The third-order valence-electron chi connectivity index (χ3n) is 3.31. The third-order valence-corrected chi connectivity index (χ3v) is 3.31. The largest absolute Gasteiger partial charge is 0.299 e. The number of hydrogen-bond donors (Lipinski definition) is 0. The van der Waals surface area contributed by atoms with Crippen LogP contribution in [-0.4, -0.2) is 24.5 Å². The summed E-state index contributed by atoms with van der Waals surface area (Å²) in [7, 11) is 0. The van der Waals surface area contributed by atoms with Gasteiger partial charge in [-0.25, -0.2) is 0 Å². The maximum atomic E-state index is 2.57. The summed E-state index contributed by atoms with van der Waals surface area (Å²) in [6, 6.07) is 10.8. The molecule has 1 nitrogen and oxygen atoms in total. The van der Waals surface area contributed by atoms with Crippen molar-refractivity contribution in [3.63, 3.8) is 0 Å². The van der Waals surface area contributed by atoms with E-state index in [1.165, 1.54) is 31.5 Å². The molecule has 1 heteroatoms. The van der Waals surface area contributed by atoms with E-state index in [1.807, 2.05) is 0 Å². The van der Waals surface area contributed by atoms with Crippen LogP contribution < -0.4 is 0 Å². The highest BCUT2D eigenvalue weighted by Crippen LogP contribution is 2.13. The van der Waals surface area contributed by atoms with E-state index in [9.17, 15) is 0 Å². The van der Waals surface area contributed by atoms with Crippen molar-refractivity contribution in [3.05, 3.63) is 47.5 Å². The smallest absolute Gasteiger partial charge is 0.0196 e. The Labute approximate surface area is 98.8 Å². The minimum atomic E-state index is 1.10. The van der Waals surface area contributed by atoms with Crippen molar-refractivity contribution < 1.29 is 0 Å². The fourth-order valence-electron chi connectivity index (χ4n) is 2.34. The molecule has 1 aromatic carbocycles. The average molecular weight is 215 g/mol. The first-order valence-electron chi connectivity index (χ1n) is 6.29. The van der Waals surface area contributed by atoms with Crippen LogP contribution in [0.15, 0.2) is 42.0 Å². The van der Waals surface area contributed by atoms with Crippen molar-refractivity contribution >= 4 is 0 Å². The normalized spacial score (nSPS) is 17.9. The van der Waals surface area contributed by atoms with Crippen molar-refractivity contribution in [2.24, 2.45) is 0 Å². The third kappa shape index (κ3) is 3.21. The molecule has 0 unspecified atom stereocenters. The van der Waals surface area contributed by atoms with Gasteiger partial charge in [-0.2, -0.15) is 0 Å². The predicted molar refractivity (Wildman–Crippen MR) is 69.6 cm³/mol. The van der Waals surface area contributed by atoms with Crippen LogP contribution in [0.25, 0.3) is 0 Å². The van der Waals surface area contributed by atoms with Crippen LogP contribution in [0, 0.1) is 0 Å². The molecule has 0 aliphatic carbocycles. The maximum Gasteiger partial charge on any atom is 0.0196 e. The monoisotopic (exact) mass is 215 g/mol. The molecule has 1 aliphatic heterocycles. The van der Waals surface area contributed by atoms with Crippen LogP contribution in [0.4, 0.5) is 0 Å². The molecule has 0 spiro atoms. The molecule has 86 valence electrons. The lowest BCUT2D eigenvalue weighted by molar-refractivity contribution is 0.366. The lowest BCUT2D eigenvalue weighted by Crippen LogP contribution is -2.22. The van der Waals surface area contributed by atoms with Gasteiger partial charge in [0.15, 0.2) is 0 Å². The Morgan fingerprint density at radius 1 is 1.19 bits per heavy atom. The minimum Gasteiger partial charge on any atom is -0.299 e. The van der Waals surface area contributed by atoms with E-state index in [-0.39, 0.29) is 0 Å². The van der Waals surface area contributed by atoms with Crippen LogP contribution in [0.5, 0.6) is 0 Å². The second-order valence-corrected chi connectivity index (χ2v) is 4.59. The second kappa shape index (κ2) is 5.86. The van der Waals surface area contributed by atoms with Gasteiger partial charge in [0.25, 0.3) is 0 Å². The standard InChI is InChI=1S/C15H21N/c1-2-14(13-16-10-6-7-11-16)12-15-8-4-3-5-9-15/h2-5,8-9H,6-7,10-13H2,1H3. The van der Waals surface area contributed by atoms with Crippen molar-refractivity contribution in [2.75, 3.05) is 19.6 Å². The highest BCUT2D eigenvalue weighted by Gasteiger charge is 2.12. The lowest BCUT2D eigenvalue weighted by Gasteiger charge is -2.17. The summed E-state index contributed by atoms with van der Waals surface area (Å²) in [5.41, 5.74) is 2.97. The van der Waals surface area contributed by atoms with Crippen molar-refractivity contribution in [3.8, 4) is 0 Å². The van der Waals surface area contributed by atoms with Gasteiger partial charge in [0.05, 0.1) is 0 Å². The SMILES string of the molecule is CC=C(Cc1ccccc1)CN1CCCC1. The number of nitrogens with zero attached hydrogens (tertiary/aromatic N) is 1. The fourth-order valence-corrected chi connectivity index (χ4v) is 2.34. The summed E-state index contributed by atoms with van der Waals surface area (Å²) in [6.45, 7) is 5.89. The van der Waals surface area contributed by atoms with Gasteiger partial charge in [-0.05, 0) is 44.8 Å². The molecule has 0 N–H and O–H groups in total. The molecule has 1 aliphatic rings. The van der Waals surface area contributed by atoms with E-state index in [0.717, 1.165) is 13.0 Å². The van der Waals surface area contributed by atoms with Crippen LogP contribution in [0.3, 0.4) is 0 Å². The van der Waals surface area contributed by atoms with Crippen LogP contribution >= 0.6 is 0 Å². The molecule has 1 aromatic rings. The summed E-state index contributed by atoms with van der Waals surface area (Å²) in [5.74, 6) is 0. The first kappa shape index (κ1) is 11.4. The summed E-state index contributed by atoms with van der Waals surface area (Å²) in [6.07, 6.45) is 6.14. The van der Waals surface area contributed by atoms with Crippen molar-refractivity contribution in [2.45, 2.75) is 26.2 Å². The Hall–Kier alpha value is -1.08. The van der Waals surface area contributed by atoms with Gasteiger partial charge >= 0.3 is 0 Å². The zero-order valence-corrected chi connectivity index (χ0v) is 10.2. The predicted octanol–water partition coefficient (Wildman–Crippen LogP) is 3.27. The maximum absolute atomic E-state index is 2.57. The van der Waals surface area contributed by atoms with Gasteiger partial charge in [-0.1, -0.05) is 42.0 Å². The van der Waals surface area contributed by atoms with Gasteiger partial charge in [0, 0.05) is 6.54 Å². The van der Waals surface area contributed by atoms with E-state index in [1.54, 1.807) is 5.57 Å². The van der Waals surface area contributed by atoms with Gasteiger partial charge in [-0.3, -0.25) is 4.90 Å². The van der Waals surface area contributed by atoms with Gasteiger partial charge < -0.3 is 0 Å². The molecule has 0 amide bonds. The van der Waals surface area contributed by atoms with Crippen LogP contribution in [0.1, 0.15) is 25.3 Å². The number of rotatable bonds is 4. The number of allylic oxidation sites excluding steroid dienone is 1. The Balaban J connectivity index is 1.91. The van der Waals surface area contributed by atoms with Crippen LogP contribution in [-0.2, 0) is 6.42 Å². The molecule has 0 radical (unpaired) electrons. The second-order valence-electron chi connectivity index (χ2n) is 4.59. The average Bonchev–Trinajstić information content (AvgIpc) is 2.82. The highest BCUT2D eigenvalue weighted by atomic mass is 15.1. The van der Waals surface area contributed by atoms with E-state index in [0.29, 0.717) is 0 Å². The number of likely N-dealkylation sites (tertiary alicyclic amines) is 1. The number of benzene rings is 1. The molecule has 0 bridgehead atoms. The number of hydrogen-bond acceptors (Lipinski definition) is 1. The summed E-state index contributed by atoms with van der Waals surface area (Å²) in [5, 5.41) is 0. The molecule has 1 heterocycles. The molecular weight excluding hydrogens is 194 g/mol. The highest BCUT2D eigenvalue weighted by molar-refractivity contribution is 5.22. The summed E-state index contributed by atoms with van der Waals surface area (Å²) in [4.78, 5) is 2.57. The van der Waals surface area contributed by atoms with Gasteiger partial charge in [0.1, 0.15) is 0 Å². The minimum absolute atomic E-state index is 1.10.